The van der Waals surface area contributed by atoms with Gasteiger partial charge < -0.3 is 19.7 Å². The number of carbonyl (C=O) groups is 1. The second-order valence-corrected chi connectivity index (χ2v) is 9.67. The van der Waals surface area contributed by atoms with Crippen LogP contribution in [-0.2, 0) is 10.2 Å². The van der Waals surface area contributed by atoms with Crippen molar-refractivity contribution >= 4 is 5.91 Å². The van der Waals surface area contributed by atoms with Crippen molar-refractivity contribution in [3.63, 3.8) is 0 Å². The summed E-state index contributed by atoms with van der Waals surface area (Å²) in [4.78, 5) is 16.1. The Hall–Kier alpha value is -2.60. The van der Waals surface area contributed by atoms with Gasteiger partial charge in [0.1, 0.15) is 5.92 Å². The Bertz CT molecular complexity index is 985. The van der Waals surface area contributed by atoms with E-state index in [0.29, 0.717) is 25.5 Å². The van der Waals surface area contributed by atoms with Gasteiger partial charge in [-0.25, -0.2) is 0 Å². The molecule has 2 saturated heterocycles. The molecule has 5 nitrogen and oxygen atoms in total. The molecule has 2 aromatic carbocycles. The maximum Gasteiger partial charge on any atom is 0.232 e. The molecule has 1 spiro atoms. The first-order chi connectivity index (χ1) is 16.2. The summed E-state index contributed by atoms with van der Waals surface area (Å²) in [6.07, 6.45) is 2.98. The van der Waals surface area contributed by atoms with E-state index in [1.165, 1.54) is 5.56 Å². The SMILES string of the molecule is COc1cccc2c1OCC[C@]21C[NH2+]C[C@H]1C(=O)N1CCC(c2ccccc2)C[C@H]1CCF. The number of hydrogen-bond donors (Lipinski definition) is 1. The van der Waals surface area contributed by atoms with E-state index < -0.39 is 6.67 Å². The van der Waals surface area contributed by atoms with Gasteiger partial charge in [-0.15, -0.1) is 0 Å². The zero-order chi connectivity index (χ0) is 22.8. The molecule has 3 aliphatic heterocycles. The fourth-order valence-corrected chi connectivity index (χ4v) is 6.44. The van der Waals surface area contributed by atoms with Crippen molar-refractivity contribution in [3.05, 3.63) is 59.7 Å². The van der Waals surface area contributed by atoms with E-state index >= 15 is 0 Å². The molecule has 2 aromatic rings. The standard InChI is InChI=1S/C27H33FN2O3/c1-32-24-9-5-8-22-25(24)33-15-12-27(22)18-29-17-23(27)26(31)30-14-11-20(16-21(30)10-13-28)19-6-3-2-4-7-19/h2-9,20-21,23,29H,10-18H2,1H3/p+1/t20?,21-,23+,27+/m1/s1. The number of carbonyl (C=O) groups excluding carboxylic acids is 1. The molecule has 5 rings (SSSR count). The summed E-state index contributed by atoms with van der Waals surface area (Å²) in [5.74, 6) is 1.93. The second-order valence-electron chi connectivity index (χ2n) is 9.67. The number of nitrogens with two attached hydrogens (primary N) is 1. The quantitative estimate of drug-likeness (QED) is 0.757. The van der Waals surface area contributed by atoms with Crippen LogP contribution in [0.15, 0.2) is 48.5 Å². The summed E-state index contributed by atoms with van der Waals surface area (Å²) in [6.45, 7) is 2.50. The number of halogens is 1. The first-order valence-electron chi connectivity index (χ1n) is 12.2. The van der Waals surface area contributed by atoms with Crippen LogP contribution >= 0.6 is 0 Å². The zero-order valence-corrected chi connectivity index (χ0v) is 19.3. The molecular weight excluding hydrogens is 419 g/mol. The molecule has 4 atom stereocenters. The minimum atomic E-state index is -0.397. The van der Waals surface area contributed by atoms with Crippen molar-refractivity contribution in [1.82, 2.24) is 4.90 Å². The highest BCUT2D eigenvalue weighted by molar-refractivity contribution is 5.82. The van der Waals surface area contributed by atoms with Crippen molar-refractivity contribution in [1.29, 1.82) is 0 Å². The predicted octanol–water partition coefficient (Wildman–Crippen LogP) is 3.04. The van der Waals surface area contributed by atoms with Gasteiger partial charge >= 0.3 is 0 Å². The Kier molecular flexibility index (Phi) is 6.28. The Balaban J connectivity index is 1.42. The summed E-state index contributed by atoms with van der Waals surface area (Å²) in [5, 5.41) is 2.26. The highest BCUT2D eigenvalue weighted by Gasteiger charge is 2.55. The number of quaternary nitrogens is 1. The number of hydrogen-bond acceptors (Lipinski definition) is 3. The van der Waals surface area contributed by atoms with Crippen molar-refractivity contribution in [3.8, 4) is 11.5 Å². The molecule has 2 N–H and O–H groups in total. The number of fused-ring (bicyclic) bond motifs is 2. The van der Waals surface area contributed by atoms with Crippen LogP contribution in [0.3, 0.4) is 0 Å². The van der Waals surface area contributed by atoms with E-state index in [1.54, 1.807) is 7.11 Å². The number of alkyl halides is 1. The van der Waals surface area contributed by atoms with Gasteiger partial charge in [0.05, 0.1) is 38.9 Å². The maximum atomic E-state index is 14.1. The molecule has 0 aliphatic carbocycles. The number of ether oxygens (including phenoxy) is 2. The van der Waals surface area contributed by atoms with Crippen LogP contribution in [0.5, 0.6) is 11.5 Å². The van der Waals surface area contributed by atoms with E-state index in [9.17, 15) is 9.18 Å². The molecule has 2 fully saturated rings. The number of piperidine rings is 1. The number of likely N-dealkylation sites (tertiary alicyclic amines) is 1. The first kappa shape index (κ1) is 22.2. The lowest BCUT2D eigenvalue weighted by Gasteiger charge is -2.44. The van der Waals surface area contributed by atoms with Gasteiger partial charge in [-0.05, 0) is 43.2 Å². The summed E-state index contributed by atoms with van der Waals surface area (Å²) in [6, 6.07) is 16.4. The van der Waals surface area contributed by atoms with Gasteiger partial charge in [-0.3, -0.25) is 9.18 Å². The van der Waals surface area contributed by atoms with E-state index in [4.69, 9.17) is 9.47 Å². The number of nitrogens with zero attached hydrogens (tertiary/aromatic N) is 1. The van der Waals surface area contributed by atoms with Crippen LogP contribution in [0.2, 0.25) is 0 Å². The lowest BCUT2D eigenvalue weighted by molar-refractivity contribution is -0.640. The Morgan fingerprint density at radius 1 is 1.24 bits per heavy atom. The van der Waals surface area contributed by atoms with Gasteiger partial charge in [-0.1, -0.05) is 42.5 Å². The predicted molar refractivity (Wildman–Crippen MR) is 124 cm³/mol. The van der Waals surface area contributed by atoms with E-state index in [-0.39, 0.29) is 23.3 Å². The van der Waals surface area contributed by atoms with Crippen molar-refractivity contribution in [2.75, 3.05) is 40.0 Å². The molecule has 3 heterocycles. The van der Waals surface area contributed by atoms with E-state index in [0.717, 1.165) is 49.4 Å². The number of methoxy groups -OCH3 is 1. The Morgan fingerprint density at radius 2 is 2.09 bits per heavy atom. The molecule has 0 saturated carbocycles. The lowest BCUT2D eigenvalue weighted by Crippen LogP contribution is -2.82. The minimum absolute atomic E-state index is 0.0521. The molecule has 0 bridgehead atoms. The topological polar surface area (TPSA) is 55.4 Å². The van der Waals surface area contributed by atoms with Crippen LogP contribution < -0.4 is 14.8 Å². The molecule has 3 aliphatic rings. The Labute approximate surface area is 195 Å². The fraction of sp³-hybridized carbons (Fsp3) is 0.519. The van der Waals surface area contributed by atoms with Crippen LogP contribution in [-0.4, -0.2) is 56.9 Å². The fourth-order valence-electron chi connectivity index (χ4n) is 6.44. The molecule has 6 heteroatoms. The highest BCUT2D eigenvalue weighted by atomic mass is 19.1. The maximum absolute atomic E-state index is 14.1. The molecule has 1 unspecified atom stereocenters. The third kappa shape index (κ3) is 3.88. The van der Waals surface area contributed by atoms with Gasteiger partial charge in [0, 0.05) is 18.2 Å². The molecule has 1 amide bonds. The Morgan fingerprint density at radius 3 is 2.88 bits per heavy atom. The van der Waals surface area contributed by atoms with Crippen molar-refractivity contribution in [2.24, 2.45) is 5.92 Å². The molecular formula is C27H34FN2O3+. The van der Waals surface area contributed by atoms with E-state index in [2.05, 4.69) is 35.6 Å². The second kappa shape index (κ2) is 9.34. The summed E-state index contributed by atoms with van der Waals surface area (Å²) in [5.41, 5.74) is 2.11. The number of rotatable bonds is 5. The van der Waals surface area contributed by atoms with E-state index in [1.807, 2.05) is 23.1 Å². The first-order valence-corrected chi connectivity index (χ1v) is 12.2. The average molecular weight is 454 g/mol. The highest BCUT2D eigenvalue weighted by Crippen LogP contribution is 2.49. The van der Waals surface area contributed by atoms with Gasteiger partial charge in [0.25, 0.3) is 0 Å². The van der Waals surface area contributed by atoms with Crippen LogP contribution in [0.25, 0.3) is 0 Å². The normalized spacial score (nSPS) is 28.9. The van der Waals surface area contributed by atoms with Crippen LogP contribution in [0.4, 0.5) is 4.39 Å². The summed E-state index contributed by atoms with van der Waals surface area (Å²) < 4.78 is 25.1. The number of para-hydroxylation sites is 1. The molecule has 0 radical (unpaired) electrons. The molecule has 33 heavy (non-hydrogen) atoms. The number of amides is 1. The van der Waals surface area contributed by atoms with Crippen LogP contribution in [0.1, 0.15) is 42.7 Å². The van der Waals surface area contributed by atoms with Gasteiger partial charge in [0.15, 0.2) is 11.5 Å². The third-order valence-corrected chi connectivity index (χ3v) is 8.12. The average Bonchev–Trinajstić information content (AvgIpc) is 3.28. The smallest absolute Gasteiger partial charge is 0.232 e. The third-order valence-electron chi connectivity index (χ3n) is 8.12. The van der Waals surface area contributed by atoms with Gasteiger partial charge in [-0.2, -0.15) is 0 Å². The summed E-state index contributed by atoms with van der Waals surface area (Å²) >= 11 is 0. The monoisotopic (exact) mass is 453 g/mol. The summed E-state index contributed by atoms with van der Waals surface area (Å²) in [7, 11) is 1.65. The zero-order valence-electron chi connectivity index (χ0n) is 19.3. The van der Waals surface area contributed by atoms with Gasteiger partial charge in [0.2, 0.25) is 5.91 Å². The van der Waals surface area contributed by atoms with Crippen molar-refractivity contribution in [2.45, 2.75) is 43.1 Å². The largest absolute Gasteiger partial charge is 0.493 e. The minimum Gasteiger partial charge on any atom is -0.493 e. The molecule has 0 aromatic heterocycles. The van der Waals surface area contributed by atoms with Crippen LogP contribution in [0, 0.1) is 5.92 Å². The van der Waals surface area contributed by atoms with Crippen molar-refractivity contribution < 1.29 is 24.0 Å². The molecule has 176 valence electrons. The lowest BCUT2D eigenvalue weighted by atomic mass is 9.68. The number of benzene rings is 2.